The average Bonchev–Trinajstić information content (AvgIpc) is 3.37. The number of hydrogen-bond donors (Lipinski definition) is 3. The van der Waals surface area contributed by atoms with Crippen molar-refractivity contribution >= 4 is 35.8 Å². The topological polar surface area (TPSA) is 102 Å². The predicted octanol–water partition coefficient (Wildman–Crippen LogP) is 3.04. The van der Waals surface area contributed by atoms with Crippen molar-refractivity contribution in [1.82, 2.24) is 10.6 Å². The highest BCUT2D eigenvalue weighted by Gasteiger charge is 2.22. The number of amides is 1. The second-order valence-corrected chi connectivity index (χ2v) is 6.54. The second-order valence-electron chi connectivity index (χ2n) is 6.54. The molecule has 0 aliphatic heterocycles. The first-order valence-corrected chi connectivity index (χ1v) is 9.27. The molecule has 1 aromatic heterocycles. The van der Waals surface area contributed by atoms with Gasteiger partial charge < -0.3 is 25.5 Å². The van der Waals surface area contributed by atoms with E-state index in [4.69, 9.17) is 14.9 Å². The molecule has 2 aromatic rings. The van der Waals surface area contributed by atoms with Crippen LogP contribution < -0.4 is 21.1 Å². The van der Waals surface area contributed by atoms with Crippen molar-refractivity contribution in [2.75, 3.05) is 13.2 Å². The number of nitrogens with one attached hydrogen (secondary N) is 2. The van der Waals surface area contributed by atoms with E-state index in [1.54, 1.807) is 12.1 Å². The van der Waals surface area contributed by atoms with Crippen molar-refractivity contribution in [3.63, 3.8) is 0 Å². The van der Waals surface area contributed by atoms with Crippen LogP contribution in [-0.4, -0.2) is 25.0 Å². The maximum atomic E-state index is 11.1. The highest BCUT2D eigenvalue weighted by molar-refractivity contribution is 14.0. The van der Waals surface area contributed by atoms with Crippen LogP contribution in [0.1, 0.15) is 41.6 Å². The van der Waals surface area contributed by atoms with E-state index in [1.807, 2.05) is 31.2 Å². The number of nitrogens with two attached hydrogens (primary N) is 1. The molecule has 1 aliphatic rings. The van der Waals surface area contributed by atoms with Gasteiger partial charge in [-0.15, -0.1) is 24.0 Å². The number of rotatable bonds is 9. The molecule has 1 heterocycles. The second kappa shape index (κ2) is 10.9. The maximum Gasteiger partial charge on any atom is 0.284 e. The average molecular weight is 498 g/mol. The third-order valence-corrected chi connectivity index (χ3v) is 4.23. The molecule has 0 unspecified atom stereocenters. The fraction of sp³-hybridized carbons (Fsp3) is 0.400. The predicted molar refractivity (Wildman–Crippen MR) is 119 cm³/mol. The number of halogens is 1. The Morgan fingerprint density at radius 1 is 1.25 bits per heavy atom. The third-order valence-electron chi connectivity index (χ3n) is 4.23. The largest absolute Gasteiger partial charge is 0.493 e. The zero-order valence-electron chi connectivity index (χ0n) is 15.9. The molecular formula is C20H27IN4O3. The molecule has 1 aliphatic carbocycles. The molecule has 4 N–H and O–H groups in total. The standard InChI is InChI=1S/C20H26N4O3.HI/c1-2-22-20(24-12-16-9-10-18(27-16)19(21)25)23-11-15-5-3-4-6-17(15)26-13-14-7-8-14;/h3-6,9-10,14H,2,7-8,11-13H2,1H3,(H2,21,25)(H2,22,23,24);1H. The molecular weight excluding hydrogens is 471 g/mol. The first kappa shape index (κ1) is 22.1. The van der Waals surface area contributed by atoms with Gasteiger partial charge in [0.15, 0.2) is 11.7 Å². The van der Waals surface area contributed by atoms with E-state index in [1.165, 1.54) is 12.8 Å². The number of aliphatic imine (C=N–C) groups is 1. The summed E-state index contributed by atoms with van der Waals surface area (Å²) in [5.74, 6) is 2.44. The minimum atomic E-state index is -0.579. The van der Waals surface area contributed by atoms with E-state index in [0.717, 1.165) is 24.5 Å². The van der Waals surface area contributed by atoms with Gasteiger partial charge in [0.1, 0.15) is 11.5 Å². The number of furan rings is 1. The summed E-state index contributed by atoms with van der Waals surface area (Å²) < 4.78 is 11.3. The number of primary amides is 1. The third kappa shape index (κ3) is 6.74. The van der Waals surface area contributed by atoms with Gasteiger partial charge in [0, 0.05) is 12.1 Å². The van der Waals surface area contributed by atoms with Gasteiger partial charge in [-0.05, 0) is 43.9 Å². The molecule has 8 heteroatoms. The van der Waals surface area contributed by atoms with Gasteiger partial charge in [0.25, 0.3) is 5.91 Å². The lowest BCUT2D eigenvalue weighted by Gasteiger charge is -2.12. The molecule has 7 nitrogen and oxygen atoms in total. The summed E-state index contributed by atoms with van der Waals surface area (Å²) in [7, 11) is 0. The summed E-state index contributed by atoms with van der Waals surface area (Å²) in [5.41, 5.74) is 6.25. The summed E-state index contributed by atoms with van der Waals surface area (Å²) in [6, 6.07) is 11.3. The molecule has 1 amide bonds. The lowest BCUT2D eigenvalue weighted by molar-refractivity contribution is 0.0972. The van der Waals surface area contributed by atoms with Crippen LogP contribution in [0.15, 0.2) is 45.8 Å². The van der Waals surface area contributed by atoms with Gasteiger partial charge in [0.05, 0.1) is 19.7 Å². The summed E-state index contributed by atoms with van der Waals surface area (Å²) in [5, 5.41) is 6.39. The Bertz CT molecular complexity index is 802. The summed E-state index contributed by atoms with van der Waals surface area (Å²) in [4.78, 5) is 15.7. The van der Waals surface area contributed by atoms with Crippen LogP contribution in [0.4, 0.5) is 0 Å². The maximum absolute atomic E-state index is 11.1. The Morgan fingerprint density at radius 3 is 2.71 bits per heavy atom. The fourth-order valence-corrected chi connectivity index (χ4v) is 2.55. The Hall–Kier alpha value is -2.23. The van der Waals surface area contributed by atoms with Crippen LogP contribution in [0.2, 0.25) is 0 Å². The minimum absolute atomic E-state index is 0. The summed E-state index contributed by atoms with van der Waals surface area (Å²) >= 11 is 0. The number of hydrogen-bond acceptors (Lipinski definition) is 4. The SMILES string of the molecule is CCNC(=NCc1ccccc1OCC1CC1)NCc1ccc(C(N)=O)o1.I. The molecule has 1 fully saturated rings. The number of nitrogens with zero attached hydrogens (tertiary/aromatic N) is 1. The molecule has 1 aromatic carbocycles. The van der Waals surface area contributed by atoms with E-state index < -0.39 is 5.91 Å². The molecule has 28 heavy (non-hydrogen) atoms. The Labute approximate surface area is 182 Å². The van der Waals surface area contributed by atoms with Crippen LogP contribution in [0, 0.1) is 5.92 Å². The molecule has 152 valence electrons. The van der Waals surface area contributed by atoms with Gasteiger partial charge in [-0.25, -0.2) is 4.99 Å². The monoisotopic (exact) mass is 498 g/mol. The van der Waals surface area contributed by atoms with E-state index in [-0.39, 0.29) is 29.7 Å². The van der Waals surface area contributed by atoms with Gasteiger partial charge in [-0.2, -0.15) is 0 Å². The zero-order valence-corrected chi connectivity index (χ0v) is 18.3. The molecule has 0 saturated heterocycles. The quantitative estimate of drug-likeness (QED) is 0.280. The summed E-state index contributed by atoms with van der Waals surface area (Å²) in [6.45, 7) is 4.41. The van der Waals surface area contributed by atoms with E-state index in [9.17, 15) is 4.79 Å². The van der Waals surface area contributed by atoms with Gasteiger partial charge in [-0.3, -0.25) is 4.79 Å². The summed E-state index contributed by atoms with van der Waals surface area (Å²) in [6.07, 6.45) is 2.53. The van der Waals surface area contributed by atoms with Crippen molar-refractivity contribution in [2.24, 2.45) is 16.6 Å². The van der Waals surface area contributed by atoms with E-state index >= 15 is 0 Å². The van der Waals surface area contributed by atoms with Crippen molar-refractivity contribution in [3.8, 4) is 5.75 Å². The van der Waals surface area contributed by atoms with Crippen LogP contribution >= 0.6 is 24.0 Å². The molecule has 0 bridgehead atoms. The molecule has 0 atom stereocenters. The molecule has 3 rings (SSSR count). The van der Waals surface area contributed by atoms with E-state index in [2.05, 4.69) is 15.6 Å². The van der Waals surface area contributed by atoms with Crippen molar-refractivity contribution < 1.29 is 13.9 Å². The lowest BCUT2D eigenvalue weighted by atomic mass is 10.2. The molecule has 0 radical (unpaired) electrons. The molecule has 0 spiro atoms. The highest BCUT2D eigenvalue weighted by Crippen LogP contribution is 2.30. The fourth-order valence-electron chi connectivity index (χ4n) is 2.55. The van der Waals surface area contributed by atoms with Crippen LogP contribution in [-0.2, 0) is 13.1 Å². The van der Waals surface area contributed by atoms with Gasteiger partial charge in [-0.1, -0.05) is 18.2 Å². The first-order chi connectivity index (χ1) is 13.2. The number of ether oxygens (including phenoxy) is 1. The Morgan fingerprint density at radius 2 is 2.04 bits per heavy atom. The highest BCUT2D eigenvalue weighted by atomic mass is 127. The van der Waals surface area contributed by atoms with E-state index in [0.29, 0.717) is 30.7 Å². The van der Waals surface area contributed by atoms with Crippen molar-refractivity contribution in [2.45, 2.75) is 32.9 Å². The lowest BCUT2D eigenvalue weighted by Crippen LogP contribution is -2.36. The smallest absolute Gasteiger partial charge is 0.284 e. The zero-order chi connectivity index (χ0) is 19.1. The minimum Gasteiger partial charge on any atom is -0.493 e. The van der Waals surface area contributed by atoms with Crippen LogP contribution in [0.25, 0.3) is 0 Å². The first-order valence-electron chi connectivity index (χ1n) is 9.27. The van der Waals surface area contributed by atoms with Crippen molar-refractivity contribution in [3.05, 3.63) is 53.5 Å². The van der Waals surface area contributed by atoms with Gasteiger partial charge in [0.2, 0.25) is 0 Å². The Kier molecular flexibility index (Phi) is 8.62. The number of carbonyl (C=O) groups is 1. The number of guanidine groups is 1. The van der Waals surface area contributed by atoms with Crippen molar-refractivity contribution in [1.29, 1.82) is 0 Å². The number of benzene rings is 1. The molecule has 1 saturated carbocycles. The number of carbonyl (C=O) groups excluding carboxylic acids is 1. The number of para-hydroxylation sites is 1. The Balaban J connectivity index is 0.00000280. The van der Waals surface area contributed by atoms with Crippen LogP contribution in [0.5, 0.6) is 5.75 Å². The van der Waals surface area contributed by atoms with Crippen LogP contribution in [0.3, 0.4) is 0 Å². The normalized spacial score (nSPS) is 13.5. The van der Waals surface area contributed by atoms with Gasteiger partial charge >= 0.3 is 0 Å².